The topological polar surface area (TPSA) is 98.2 Å². The standard InChI is InChI=1S/C17H25N3O5/c1-12(2)25-9-5-8-18-16(21)17(22)20-19-11-13-6-7-14(23-3)10-15(13)24-4/h6-7,10-12H,5,8-9H2,1-4H3,(H,18,21)(H,20,22)/b19-11-. The van der Waals surface area contributed by atoms with Gasteiger partial charge in [0.2, 0.25) is 0 Å². The summed E-state index contributed by atoms with van der Waals surface area (Å²) in [5.41, 5.74) is 2.80. The molecule has 0 unspecified atom stereocenters. The molecular formula is C17H25N3O5. The minimum atomic E-state index is -0.839. The zero-order chi connectivity index (χ0) is 18.7. The number of ether oxygens (including phenoxy) is 3. The van der Waals surface area contributed by atoms with Gasteiger partial charge in [0.05, 0.1) is 26.5 Å². The summed E-state index contributed by atoms with van der Waals surface area (Å²) in [5, 5.41) is 6.26. The third-order valence-electron chi connectivity index (χ3n) is 3.07. The summed E-state index contributed by atoms with van der Waals surface area (Å²) < 4.78 is 15.6. The molecule has 0 atom stereocenters. The number of carbonyl (C=O) groups excluding carboxylic acids is 2. The number of benzene rings is 1. The van der Waals surface area contributed by atoms with Crippen molar-refractivity contribution >= 4 is 18.0 Å². The first-order valence-electron chi connectivity index (χ1n) is 7.92. The van der Waals surface area contributed by atoms with E-state index in [-0.39, 0.29) is 6.10 Å². The first-order valence-corrected chi connectivity index (χ1v) is 7.92. The summed E-state index contributed by atoms with van der Waals surface area (Å²) in [5.74, 6) is -0.414. The minimum Gasteiger partial charge on any atom is -0.497 e. The normalized spacial score (nSPS) is 10.8. The molecule has 0 radical (unpaired) electrons. The highest BCUT2D eigenvalue weighted by atomic mass is 16.5. The van der Waals surface area contributed by atoms with Crippen LogP contribution in [0.3, 0.4) is 0 Å². The molecule has 8 heteroatoms. The number of hydrogen-bond acceptors (Lipinski definition) is 6. The maximum atomic E-state index is 11.6. The number of amides is 2. The van der Waals surface area contributed by atoms with Gasteiger partial charge in [-0.2, -0.15) is 5.10 Å². The Kier molecular flexibility index (Phi) is 9.02. The zero-order valence-electron chi connectivity index (χ0n) is 15.0. The third kappa shape index (κ3) is 7.67. The van der Waals surface area contributed by atoms with Gasteiger partial charge in [-0.25, -0.2) is 5.43 Å². The lowest BCUT2D eigenvalue weighted by atomic mass is 10.2. The van der Waals surface area contributed by atoms with E-state index >= 15 is 0 Å². The molecule has 1 aromatic rings. The predicted molar refractivity (Wildman–Crippen MR) is 94.0 cm³/mol. The molecule has 0 saturated heterocycles. The van der Waals surface area contributed by atoms with Gasteiger partial charge in [0.25, 0.3) is 0 Å². The average molecular weight is 351 g/mol. The third-order valence-corrected chi connectivity index (χ3v) is 3.07. The van der Waals surface area contributed by atoms with Crippen LogP contribution in [0.2, 0.25) is 0 Å². The van der Waals surface area contributed by atoms with E-state index in [1.807, 2.05) is 13.8 Å². The lowest BCUT2D eigenvalue weighted by molar-refractivity contribution is -0.139. The second kappa shape index (κ2) is 11.0. The van der Waals surface area contributed by atoms with Crippen LogP contribution in [0.25, 0.3) is 0 Å². The van der Waals surface area contributed by atoms with Crippen molar-refractivity contribution in [3.63, 3.8) is 0 Å². The number of rotatable bonds is 9. The van der Waals surface area contributed by atoms with E-state index in [0.29, 0.717) is 36.6 Å². The Labute approximate surface area is 147 Å². The summed E-state index contributed by atoms with van der Waals surface area (Å²) >= 11 is 0. The molecule has 2 N–H and O–H groups in total. The van der Waals surface area contributed by atoms with Gasteiger partial charge < -0.3 is 19.5 Å². The number of carbonyl (C=O) groups is 2. The van der Waals surface area contributed by atoms with E-state index in [4.69, 9.17) is 14.2 Å². The van der Waals surface area contributed by atoms with Crippen molar-refractivity contribution in [3.05, 3.63) is 23.8 Å². The van der Waals surface area contributed by atoms with Gasteiger partial charge in [0, 0.05) is 24.8 Å². The first kappa shape index (κ1) is 20.4. The summed E-state index contributed by atoms with van der Waals surface area (Å²) in [4.78, 5) is 23.3. The maximum absolute atomic E-state index is 11.6. The van der Waals surface area contributed by atoms with Gasteiger partial charge in [-0.05, 0) is 32.4 Å². The van der Waals surface area contributed by atoms with E-state index in [0.717, 1.165) is 0 Å². The Bertz CT molecular complexity index is 602. The van der Waals surface area contributed by atoms with E-state index in [1.165, 1.54) is 13.3 Å². The number of hydrazone groups is 1. The Morgan fingerprint density at radius 3 is 2.60 bits per heavy atom. The molecule has 8 nitrogen and oxygen atoms in total. The molecule has 0 aliphatic rings. The van der Waals surface area contributed by atoms with Crippen LogP contribution in [0.5, 0.6) is 11.5 Å². The molecule has 25 heavy (non-hydrogen) atoms. The first-order chi connectivity index (χ1) is 12.0. The molecule has 0 fully saturated rings. The molecule has 2 amide bonds. The monoisotopic (exact) mass is 351 g/mol. The molecule has 0 spiro atoms. The highest BCUT2D eigenvalue weighted by Gasteiger charge is 2.11. The zero-order valence-corrected chi connectivity index (χ0v) is 15.0. The van der Waals surface area contributed by atoms with Crippen molar-refractivity contribution in [2.24, 2.45) is 5.10 Å². The Morgan fingerprint density at radius 1 is 1.20 bits per heavy atom. The smallest absolute Gasteiger partial charge is 0.329 e. The molecule has 0 aromatic heterocycles. The van der Waals surface area contributed by atoms with Crippen molar-refractivity contribution in [1.29, 1.82) is 0 Å². The fourth-order valence-corrected chi connectivity index (χ4v) is 1.81. The highest BCUT2D eigenvalue weighted by molar-refractivity contribution is 6.35. The second-order valence-electron chi connectivity index (χ2n) is 5.34. The van der Waals surface area contributed by atoms with Gasteiger partial charge in [-0.15, -0.1) is 0 Å². The van der Waals surface area contributed by atoms with Crippen molar-refractivity contribution in [2.75, 3.05) is 27.4 Å². The molecule has 0 bridgehead atoms. The van der Waals surface area contributed by atoms with Crippen LogP contribution >= 0.6 is 0 Å². The van der Waals surface area contributed by atoms with Gasteiger partial charge in [0.1, 0.15) is 11.5 Å². The van der Waals surface area contributed by atoms with Gasteiger partial charge in [-0.1, -0.05) is 0 Å². The molecule has 0 saturated carbocycles. The van der Waals surface area contributed by atoms with E-state index in [2.05, 4.69) is 15.8 Å². The Hall–Kier alpha value is -2.61. The maximum Gasteiger partial charge on any atom is 0.329 e. The Morgan fingerprint density at radius 2 is 1.96 bits per heavy atom. The van der Waals surface area contributed by atoms with Crippen LogP contribution in [0, 0.1) is 0 Å². The van der Waals surface area contributed by atoms with Crippen LogP contribution in [0.4, 0.5) is 0 Å². The highest BCUT2D eigenvalue weighted by Crippen LogP contribution is 2.22. The van der Waals surface area contributed by atoms with Crippen LogP contribution in [-0.2, 0) is 14.3 Å². The van der Waals surface area contributed by atoms with E-state index in [1.54, 1.807) is 25.3 Å². The van der Waals surface area contributed by atoms with Crippen LogP contribution in [0.1, 0.15) is 25.8 Å². The molecular weight excluding hydrogens is 326 g/mol. The summed E-state index contributed by atoms with van der Waals surface area (Å²) in [6.45, 7) is 4.74. The Balaban J connectivity index is 2.42. The fraction of sp³-hybridized carbons (Fsp3) is 0.471. The number of nitrogens with zero attached hydrogens (tertiary/aromatic N) is 1. The second-order valence-corrected chi connectivity index (χ2v) is 5.34. The van der Waals surface area contributed by atoms with Gasteiger partial charge >= 0.3 is 11.8 Å². The quantitative estimate of drug-likeness (QED) is 0.300. The van der Waals surface area contributed by atoms with Crippen molar-refractivity contribution < 1.29 is 23.8 Å². The summed E-state index contributed by atoms with van der Waals surface area (Å²) in [6.07, 6.45) is 2.16. The molecule has 1 rings (SSSR count). The van der Waals surface area contributed by atoms with Gasteiger partial charge in [0.15, 0.2) is 0 Å². The van der Waals surface area contributed by atoms with Gasteiger partial charge in [-0.3, -0.25) is 9.59 Å². The molecule has 0 aliphatic heterocycles. The van der Waals surface area contributed by atoms with Crippen molar-refractivity contribution in [3.8, 4) is 11.5 Å². The fourth-order valence-electron chi connectivity index (χ4n) is 1.81. The molecule has 138 valence electrons. The summed E-state index contributed by atoms with van der Waals surface area (Å²) in [7, 11) is 3.07. The molecule has 1 aromatic carbocycles. The molecule has 0 aliphatic carbocycles. The van der Waals surface area contributed by atoms with E-state index in [9.17, 15) is 9.59 Å². The minimum absolute atomic E-state index is 0.142. The van der Waals surface area contributed by atoms with Crippen molar-refractivity contribution in [2.45, 2.75) is 26.4 Å². The number of methoxy groups -OCH3 is 2. The lowest BCUT2D eigenvalue weighted by Gasteiger charge is -2.08. The van der Waals surface area contributed by atoms with E-state index < -0.39 is 11.8 Å². The van der Waals surface area contributed by atoms with Crippen LogP contribution < -0.4 is 20.2 Å². The molecule has 0 heterocycles. The number of nitrogens with one attached hydrogen (secondary N) is 2. The van der Waals surface area contributed by atoms with Crippen LogP contribution in [-0.4, -0.2) is 51.5 Å². The summed E-state index contributed by atoms with van der Waals surface area (Å²) in [6, 6.07) is 5.15. The number of hydrogen-bond donors (Lipinski definition) is 2. The van der Waals surface area contributed by atoms with Crippen LogP contribution in [0.15, 0.2) is 23.3 Å². The SMILES string of the molecule is COc1ccc(/C=N\NC(=O)C(=O)NCCCOC(C)C)c(OC)c1. The average Bonchev–Trinajstić information content (AvgIpc) is 2.60. The lowest BCUT2D eigenvalue weighted by Crippen LogP contribution is -2.38. The van der Waals surface area contributed by atoms with Crippen molar-refractivity contribution in [1.82, 2.24) is 10.7 Å². The predicted octanol–water partition coefficient (Wildman–Crippen LogP) is 1.09. The largest absolute Gasteiger partial charge is 0.497 e.